The maximum absolute atomic E-state index is 10.9. The molecular weight excluding hydrogens is 376 g/mol. The molecule has 4 fully saturated rings. The molecule has 8 atom stereocenters. The van der Waals surface area contributed by atoms with Gasteiger partial charge in [0.15, 0.2) is 0 Å². The third-order valence-electron chi connectivity index (χ3n) is 13.0. The minimum Gasteiger partial charge on any atom is -0.393 e. The van der Waals surface area contributed by atoms with Crippen molar-refractivity contribution < 1.29 is 5.11 Å². The van der Waals surface area contributed by atoms with Gasteiger partial charge >= 0.3 is 0 Å². The van der Waals surface area contributed by atoms with E-state index in [1.807, 2.05) is 5.57 Å². The van der Waals surface area contributed by atoms with Crippen molar-refractivity contribution in [3.63, 3.8) is 0 Å². The zero-order chi connectivity index (χ0) is 22.7. The molecule has 0 aromatic heterocycles. The standard InChI is InChI=1S/C30H50O/c1-25(2)15-16-27(5)17-18-29(7)20(21(27)19-25)9-10-23-28(6)13-12-24(31)26(3,4)22(28)11-14-30(23,29)8/h9,21-24,31H,10-19H2,1-8H3/t21-,22-,23+,24-,27+,28-,29+,30+/m1/s1. The molecule has 0 bridgehead atoms. The van der Waals surface area contributed by atoms with Crippen LogP contribution in [0.2, 0.25) is 0 Å². The van der Waals surface area contributed by atoms with E-state index in [0.717, 1.165) is 18.3 Å². The Hall–Kier alpha value is -0.300. The summed E-state index contributed by atoms with van der Waals surface area (Å²) in [5.74, 6) is 2.21. The minimum absolute atomic E-state index is 0.0533. The molecule has 0 amide bonds. The Balaban J connectivity index is 1.57. The van der Waals surface area contributed by atoms with Gasteiger partial charge in [0.1, 0.15) is 0 Å². The molecule has 5 rings (SSSR count). The molecule has 0 radical (unpaired) electrons. The zero-order valence-corrected chi connectivity index (χ0v) is 21.9. The highest BCUT2D eigenvalue weighted by atomic mass is 16.3. The molecule has 0 aromatic carbocycles. The van der Waals surface area contributed by atoms with Crippen LogP contribution in [0.15, 0.2) is 11.6 Å². The maximum Gasteiger partial charge on any atom is 0.0594 e. The Morgan fingerprint density at radius 3 is 2.16 bits per heavy atom. The minimum atomic E-state index is -0.125. The number of hydrogen-bond donors (Lipinski definition) is 1. The summed E-state index contributed by atoms with van der Waals surface area (Å²) in [4.78, 5) is 0. The van der Waals surface area contributed by atoms with Gasteiger partial charge in [0.2, 0.25) is 0 Å². The van der Waals surface area contributed by atoms with Gasteiger partial charge in [-0.1, -0.05) is 67.0 Å². The van der Waals surface area contributed by atoms with E-state index in [2.05, 4.69) is 61.5 Å². The number of aliphatic hydroxyl groups excluding tert-OH is 1. The first-order valence-corrected chi connectivity index (χ1v) is 13.6. The second kappa shape index (κ2) is 6.43. The molecule has 0 unspecified atom stereocenters. The monoisotopic (exact) mass is 426 g/mol. The third kappa shape index (κ3) is 2.77. The van der Waals surface area contributed by atoms with E-state index >= 15 is 0 Å². The summed E-state index contributed by atoms with van der Waals surface area (Å²) < 4.78 is 0. The largest absolute Gasteiger partial charge is 0.393 e. The number of aliphatic hydroxyl groups is 1. The predicted octanol–water partition coefficient (Wildman–Crippen LogP) is 8.17. The number of fused-ring (bicyclic) bond motifs is 7. The molecule has 1 N–H and O–H groups in total. The predicted molar refractivity (Wildman–Crippen MR) is 131 cm³/mol. The van der Waals surface area contributed by atoms with E-state index in [9.17, 15) is 5.11 Å². The van der Waals surface area contributed by atoms with Gasteiger partial charge in [-0.05, 0) is 114 Å². The summed E-state index contributed by atoms with van der Waals surface area (Å²) in [7, 11) is 0. The second-order valence-electron chi connectivity index (χ2n) is 15.2. The smallest absolute Gasteiger partial charge is 0.0594 e. The number of rotatable bonds is 0. The van der Waals surface area contributed by atoms with Crippen LogP contribution < -0.4 is 0 Å². The summed E-state index contributed by atoms with van der Waals surface area (Å²) in [6.45, 7) is 20.4. The van der Waals surface area contributed by atoms with Crippen molar-refractivity contribution in [3.8, 4) is 0 Å². The molecule has 5 aliphatic rings. The highest BCUT2D eigenvalue weighted by molar-refractivity contribution is 5.33. The topological polar surface area (TPSA) is 20.2 Å². The first-order chi connectivity index (χ1) is 14.2. The van der Waals surface area contributed by atoms with Gasteiger partial charge in [0.05, 0.1) is 6.10 Å². The summed E-state index contributed by atoms with van der Waals surface area (Å²) in [5, 5.41) is 10.9. The molecular formula is C30H50O. The second-order valence-corrected chi connectivity index (χ2v) is 15.2. The third-order valence-corrected chi connectivity index (χ3v) is 13.0. The van der Waals surface area contributed by atoms with Crippen molar-refractivity contribution in [2.24, 2.45) is 50.2 Å². The lowest BCUT2D eigenvalue weighted by Crippen LogP contribution is -2.64. The molecule has 0 heterocycles. The van der Waals surface area contributed by atoms with Crippen LogP contribution in [0.1, 0.15) is 120 Å². The van der Waals surface area contributed by atoms with Crippen molar-refractivity contribution >= 4 is 0 Å². The van der Waals surface area contributed by atoms with Gasteiger partial charge in [-0.15, -0.1) is 0 Å². The van der Waals surface area contributed by atoms with E-state index in [0.29, 0.717) is 33.0 Å². The molecule has 1 heteroatoms. The fourth-order valence-electron chi connectivity index (χ4n) is 10.5. The van der Waals surface area contributed by atoms with E-state index in [4.69, 9.17) is 0 Å². The van der Waals surface area contributed by atoms with E-state index in [1.54, 1.807) is 0 Å². The lowest BCUT2D eigenvalue weighted by Gasteiger charge is -2.71. The molecule has 0 aromatic rings. The summed E-state index contributed by atoms with van der Waals surface area (Å²) >= 11 is 0. The summed E-state index contributed by atoms with van der Waals surface area (Å²) in [6, 6.07) is 0. The van der Waals surface area contributed by atoms with Crippen molar-refractivity contribution in [2.45, 2.75) is 126 Å². The molecule has 31 heavy (non-hydrogen) atoms. The Labute approximate surface area is 192 Å². The summed E-state index contributed by atoms with van der Waals surface area (Å²) in [5.41, 5.74) is 4.09. The fourth-order valence-corrected chi connectivity index (χ4v) is 10.5. The molecule has 176 valence electrons. The maximum atomic E-state index is 10.9. The van der Waals surface area contributed by atoms with Gasteiger partial charge in [-0.25, -0.2) is 0 Å². The molecule has 5 aliphatic carbocycles. The van der Waals surface area contributed by atoms with Crippen molar-refractivity contribution in [1.29, 1.82) is 0 Å². The fraction of sp³-hybridized carbons (Fsp3) is 0.933. The Bertz CT molecular complexity index is 790. The Morgan fingerprint density at radius 1 is 0.774 bits per heavy atom. The van der Waals surface area contributed by atoms with Crippen molar-refractivity contribution in [1.82, 2.24) is 0 Å². The molecule has 0 spiro atoms. The lowest BCUT2D eigenvalue weighted by atomic mass is 9.33. The van der Waals surface area contributed by atoms with Crippen LogP contribution in [0, 0.1) is 50.2 Å². The van der Waals surface area contributed by atoms with Gasteiger partial charge < -0.3 is 5.11 Å². The van der Waals surface area contributed by atoms with Crippen LogP contribution in [0.3, 0.4) is 0 Å². The average Bonchev–Trinajstić information content (AvgIpc) is 2.67. The lowest BCUT2D eigenvalue weighted by molar-refractivity contribution is -0.202. The van der Waals surface area contributed by atoms with E-state index in [1.165, 1.54) is 57.8 Å². The number of hydrogen-bond acceptors (Lipinski definition) is 1. The van der Waals surface area contributed by atoms with Crippen molar-refractivity contribution in [2.75, 3.05) is 0 Å². The van der Waals surface area contributed by atoms with E-state index < -0.39 is 0 Å². The first kappa shape index (κ1) is 22.5. The van der Waals surface area contributed by atoms with Crippen LogP contribution in [0.5, 0.6) is 0 Å². The van der Waals surface area contributed by atoms with Gasteiger partial charge in [-0.2, -0.15) is 0 Å². The Kier molecular flexibility index (Phi) is 4.66. The SMILES string of the molecule is CC1(C)CC[C@@]2(C)CC[C@@]3(C)C(=CC[C@H]4[C@]5(C)CC[C@@H](O)C(C)(C)[C@H]5CC[C@@]43C)[C@H]2C1. The van der Waals surface area contributed by atoms with Crippen LogP contribution in [-0.4, -0.2) is 11.2 Å². The summed E-state index contributed by atoms with van der Waals surface area (Å²) in [6.07, 6.45) is 15.9. The van der Waals surface area contributed by atoms with Crippen LogP contribution in [0.4, 0.5) is 0 Å². The zero-order valence-electron chi connectivity index (χ0n) is 21.9. The van der Waals surface area contributed by atoms with Crippen LogP contribution >= 0.6 is 0 Å². The molecule has 0 aliphatic heterocycles. The van der Waals surface area contributed by atoms with Crippen LogP contribution in [-0.2, 0) is 0 Å². The van der Waals surface area contributed by atoms with Gasteiger partial charge in [-0.3, -0.25) is 0 Å². The van der Waals surface area contributed by atoms with Crippen molar-refractivity contribution in [3.05, 3.63) is 11.6 Å². The highest BCUT2D eigenvalue weighted by Gasteiger charge is 2.67. The number of allylic oxidation sites excluding steroid dienone is 2. The normalized spacial score (nSPS) is 55.2. The van der Waals surface area contributed by atoms with Gasteiger partial charge in [0.25, 0.3) is 0 Å². The average molecular weight is 427 g/mol. The Morgan fingerprint density at radius 2 is 1.45 bits per heavy atom. The molecule has 0 saturated heterocycles. The highest BCUT2D eigenvalue weighted by Crippen LogP contribution is 2.75. The van der Waals surface area contributed by atoms with E-state index in [-0.39, 0.29) is 11.5 Å². The van der Waals surface area contributed by atoms with Gasteiger partial charge in [0, 0.05) is 0 Å². The molecule has 1 nitrogen and oxygen atoms in total. The first-order valence-electron chi connectivity index (χ1n) is 13.6. The quantitative estimate of drug-likeness (QED) is 0.387. The molecule has 4 saturated carbocycles. The van der Waals surface area contributed by atoms with Crippen LogP contribution in [0.25, 0.3) is 0 Å².